The topological polar surface area (TPSA) is 521 Å². The summed E-state index contributed by atoms with van der Waals surface area (Å²) in [6.45, 7) is 6.62. The Balaban J connectivity index is 3.32. The lowest BCUT2D eigenvalue weighted by Crippen LogP contribution is -2.60. The van der Waals surface area contributed by atoms with Crippen LogP contribution in [0, 0.1) is 11.8 Å². The quantitative estimate of drug-likeness (QED) is 0.0216. The zero-order valence-corrected chi connectivity index (χ0v) is 47.6. The van der Waals surface area contributed by atoms with E-state index < -0.39 is 169 Å². The molecule has 0 bridgehead atoms. The molecule has 0 saturated carbocycles. The zero-order chi connectivity index (χ0) is 62.2. The lowest BCUT2D eigenvalue weighted by Gasteiger charge is -2.28. The molecule has 1 rings (SSSR count). The minimum absolute atomic E-state index is 0.0503. The third-order valence-electron chi connectivity index (χ3n) is 12.2. The molecule has 1 aromatic rings. The number of carbonyl (C=O) groups is 13. The predicted octanol–water partition coefficient (Wildman–Crippen LogP) is -4.76. The minimum Gasteiger partial charge on any atom is -0.508 e. The van der Waals surface area contributed by atoms with Gasteiger partial charge in [-0.2, -0.15) is 12.6 Å². The van der Waals surface area contributed by atoms with E-state index in [4.69, 9.17) is 28.7 Å². The van der Waals surface area contributed by atoms with Crippen LogP contribution < -0.4 is 76.5 Å². The molecular formula is C51H84N14O16S. The number of carboxylic acids is 2. The Labute approximate surface area is 480 Å². The number of carbonyl (C=O) groups excluding carboxylic acids is 11. The van der Waals surface area contributed by atoms with Gasteiger partial charge < -0.3 is 91.8 Å². The molecule has 31 heteroatoms. The van der Waals surface area contributed by atoms with Gasteiger partial charge >= 0.3 is 11.9 Å². The smallest absolute Gasteiger partial charge is 0.326 e. The number of primary amides is 2. The molecule has 0 unspecified atom stereocenters. The third-order valence-corrected chi connectivity index (χ3v) is 12.5. The Hall–Kier alpha value is -7.64. The van der Waals surface area contributed by atoms with Gasteiger partial charge in [0.1, 0.15) is 54.1 Å². The van der Waals surface area contributed by atoms with E-state index >= 15 is 0 Å². The summed E-state index contributed by atoms with van der Waals surface area (Å²) >= 11 is 4.14. The molecule has 30 nitrogen and oxygen atoms in total. The van der Waals surface area contributed by atoms with E-state index in [9.17, 15) is 77.6 Å². The Morgan fingerprint density at radius 3 is 1.35 bits per heavy atom. The van der Waals surface area contributed by atoms with Crippen molar-refractivity contribution in [3.8, 4) is 5.75 Å². The second-order valence-electron chi connectivity index (χ2n) is 20.4. The van der Waals surface area contributed by atoms with Crippen LogP contribution in [-0.2, 0) is 68.7 Å². The van der Waals surface area contributed by atoms with Crippen molar-refractivity contribution < 1.29 is 77.6 Å². The summed E-state index contributed by atoms with van der Waals surface area (Å²) in [5.41, 5.74) is 28.4. The summed E-state index contributed by atoms with van der Waals surface area (Å²) in [4.78, 5) is 170. The largest absolute Gasteiger partial charge is 0.508 e. The fraction of sp³-hybridized carbons (Fsp3) is 0.627. The number of amides is 11. The number of phenols is 1. The molecule has 0 aliphatic heterocycles. The van der Waals surface area contributed by atoms with E-state index in [0.717, 1.165) is 0 Å². The maximum atomic E-state index is 14.1. The van der Waals surface area contributed by atoms with Crippen LogP contribution >= 0.6 is 12.6 Å². The fourth-order valence-electron chi connectivity index (χ4n) is 7.88. The molecule has 9 atom stereocenters. The van der Waals surface area contributed by atoms with Crippen LogP contribution in [0.25, 0.3) is 0 Å². The second-order valence-corrected chi connectivity index (χ2v) is 20.7. The highest BCUT2D eigenvalue weighted by Crippen LogP contribution is 2.14. The van der Waals surface area contributed by atoms with Crippen LogP contribution in [0.15, 0.2) is 24.3 Å². The van der Waals surface area contributed by atoms with E-state index in [-0.39, 0.29) is 62.7 Å². The number of benzene rings is 1. The van der Waals surface area contributed by atoms with Gasteiger partial charge in [0.05, 0.1) is 25.4 Å². The summed E-state index contributed by atoms with van der Waals surface area (Å²) in [7, 11) is 0. The molecule has 82 heavy (non-hydrogen) atoms. The number of aromatic hydroxyl groups is 1. The Bertz CT molecular complexity index is 2350. The summed E-state index contributed by atoms with van der Waals surface area (Å²) in [6.07, 6.45) is -1.34. The van der Waals surface area contributed by atoms with E-state index in [1.807, 2.05) is 0 Å². The first-order valence-electron chi connectivity index (χ1n) is 26.8. The van der Waals surface area contributed by atoms with Gasteiger partial charge in [-0.25, -0.2) is 4.79 Å². The number of hydrogen-bond acceptors (Lipinski definition) is 18. The lowest BCUT2D eigenvalue weighted by molar-refractivity contribution is -0.142. The van der Waals surface area contributed by atoms with Crippen molar-refractivity contribution in [1.82, 2.24) is 47.9 Å². The Kier molecular flexibility index (Phi) is 33.7. The van der Waals surface area contributed by atoms with Crippen molar-refractivity contribution >= 4 is 89.5 Å². The highest BCUT2D eigenvalue weighted by Gasteiger charge is 2.36. The fourth-order valence-corrected chi connectivity index (χ4v) is 8.13. The van der Waals surface area contributed by atoms with Gasteiger partial charge in [-0.05, 0) is 94.0 Å². The molecule has 11 amide bonds. The number of hydrogen-bond donors (Lipinski definition) is 18. The van der Waals surface area contributed by atoms with Crippen LogP contribution in [0.3, 0.4) is 0 Å². The minimum atomic E-state index is -1.79. The molecule has 0 spiro atoms. The monoisotopic (exact) mass is 1180 g/mol. The van der Waals surface area contributed by atoms with Gasteiger partial charge in [0.2, 0.25) is 65.0 Å². The van der Waals surface area contributed by atoms with Crippen molar-refractivity contribution in [2.45, 2.75) is 166 Å². The number of unbranched alkanes of at least 4 members (excludes halogenated alkanes) is 2. The van der Waals surface area contributed by atoms with E-state index in [1.165, 1.54) is 24.3 Å². The van der Waals surface area contributed by atoms with Crippen molar-refractivity contribution in [1.29, 1.82) is 0 Å². The summed E-state index contributed by atoms with van der Waals surface area (Å²) in [6, 6.07) is -7.73. The lowest BCUT2D eigenvalue weighted by atomic mass is 10.0. The van der Waals surface area contributed by atoms with E-state index in [2.05, 4.69) is 60.5 Å². The molecule has 0 saturated heterocycles. The third kappa shape index (κ3) is 29.2. The first-order valence-corrected chi connectivity index (χ1v) is 27.4. The number of aliphatic carboxylic acids is 2. The Morgan fingerprint density at radius 1 is 0.500 bits per heavy atom. The van der Waals surface area contributed by atoms with Gasteiger partial charge in [0.15, 0.2) is 0 Å². The maximum Gasteiger partial charge on any atom is 0.326 e. The zero-order valence-electron chi connectivity index (χ0n) is 46.7. The maximum absolute atomic E-state index is 14.1. The summed E-state index contributed by atoms with van der Waals surface area (Å²) in [5.74, 6) is -14.6. The van der Waals surface area contributed by atoms with Crippen LogP contribution in [-0.4, -0.2) is 172 Å². The van der Waals surface area contributed by atoms with Gasteiger partial charge in [-0.15, -0.1) is 0 Å². The number of nitrogens with two attached hydrogens (primary N) is 5. The standard InChI is InChI=1S/C51H84N14O16S/c1-26(2)19-33(47(76)64-37(51(80)81)21-28-11-13-29(66)14-12-28)58-41(69)24-57-44(73)38(25-82)65-46(75)32(15-16-42(70)71)60-45(74)31(10-6-8-18-53)59-48(77)34(20-27(3)4)62-50(79)36(23-40(56)68)63-49(78)35(22-39(55)67)61-43(72)30(54)9-5-7-17-52/h11-14,26-27,30-38,66,82H,5-10,15-25,52-54H2,1-4H3,(H2,55,67)(H2,56,68)(H,57,73)(H,58,69)(H,59,77)(H,60,74)(H,61,72)(H,62,79)(H,63,78)(H,64,76)(H,65,75)(H,70,71)(H,80,81)/t30-,31-,32-,33-,34-,35-,36-,37-,38-/m0/s1. The molecule has 0 heterocycles. The van der Waals surface area contributed by atoms with Crippen molar-refractivity contribution in [2.75, 3.05) is 25.4 Å². The predicted molar refractivity (Wildman–Crippen MR) is 299 cm³/mol. The normalized spacial score (nSPS) is 14.4. The number of carboxylic acid groups (broad SMARTS) is 2. The van der Waals surface area contributed by atoms with Gasteiger partial charge in [0.25, 0.3) is 0 Å². The number of thiol groups is 1. The van der Waals surface area contributed by atoms with Crippen molar-refractivity contribution in [2.24, 2.45) is 40.5 Å². The van der Waals surface area contributed by atoms with E-state index in [0.29, 0.717) is 31.4 Å². The average molecular weight is 1180 g/mol. The second kappa shape index (κ2) is 38.1. The van der Waals surface area contributed by atoms with E-state index in [1.54, 1.807) is 27.7 Å². The van der Waals surface area contributed by atoms with Crippen LogP contribution in [0.5, 0.6) is 5.75 Å². The van der Waals surface area contributed by atoms with Crippen LogP contribution in [0.4, 0.5) is 0 Å². The number of rotatable bonds is 41. The molecule has 0 radical (unpaired) electrons. The average Bonchev–Trinajstić information content (AvgIpc) is 3.38. The molecule has 22 N–H and O–H groups in total. The number of phenolic OH excluding ortho intramolecular Hbond substituents is 1. The van der Waals surface area contributed by atoms with Gasteiger partial charge in [-0.3, -0.25) is 57.5 Å². The summed E-state index contributed by atoms with van der Waals surface area (Å²) in [5, 5.41) is 50.5. The molecule has 0 aromatic heterocycles. The molecule has 0 fully saturated rings. The van der Waals surface area contributed by atoms with Crippen LogP contribution in [0.2, 0.25) is 0 Å². The van der Waals surface area contributed by atoms with Gasteiger partial charge in [-0.1, -0.05) is 46.2 Å². The molecule has 0 aliphatic rings. The Morgan fingerprint density at radius 2 is 0.902 bits per heavy atom. The molecular weight excluding hydrogens is 1100 g/mol. The highest BCUT2D eigenvalue weighted by atomic mass is 32.1. The van der Waals surface area contributed by atoms with Gasteiger partial charge in [0, 0.05) is 18.6 Å². The molecule has 460 valence electrons. The SMILES string of the molecule is CC(C)C[C@H](NC(=O)CNC(=O)[C@H](CS)NC(=O)[C@H](CCC(=O)O)NC(=O)[C@H](CCCCN)NC(=O)[C@H](CC(C)C)NC(=O)[C@H](CC(N)=O)NC(=O)[C@H](CC(N)=O)NC(=O)[C@@H](N)CCCCN)C(=O)N[C@@H](Cc1ccc(O)cc1)C(=O)O. The first kappa shape index (κ1) is 72.4. The molecule has 0 aliphatic carbocycles. The van der Waals surface area contributed by atoms with Crippen LogP contribution in [0.1, 0.15) is 110 Å². The van der Waals surface area contributed by atoms with Crippen molar-refractivity contribution in [3.63, 3.8) is 0 Å². The number of nitrogens with one attached hydrogen (secondary N) is 9. The highest BCUT2D eigenvalue weighted by molar-refractivity contribution is 7.80. The molecule has 1 aromatic carbocycles. The summed E-state index contributed by atoms with van der Waals surface area (Å²) < 4.78 is 0. The van der Waals surface area contributed by atoms with Crippen molar-refractivity contribution in [3.05, 3.63) is 29.8 Å². The first-order chi connectivity index (χ1) is 38.5.